The molecule has 32 heavy (non-hydrogen) atoms. The molecule has 4 heterocycles. The number of benzene rings is 1. The first-order chi connectivity index (χ1) is 15.7. The van der Waals surface area contributed by atoms with Gasteiger partial charge in [0.25, 0.3) is 0 Å². The van der Waals surface area contributed by atoms with Crippen LogP contribution in [0.5, 0.6) is 0 Å². The first kappa shape index (κ1) is 19.4. The molecule has 0 amide bonds. The van der Waals surface area contributed by atoms with Crippen LogP contribution >= 0.6 is 11.5 Å². The van der Waals surface area contributed by atoms with Gasteiger partial charge in [0.15, 0.2) is 11.4 Å². The van der Waals surface area contributed by atoms with E-state index in [1.807, 2.05) is 42.3 Å². The molecule has 1 fully saturated rings. The quantitative estimate of drug-likeness (QED) is 0.406. The average Bonchev–Trinajstić information content (AvgIpc) is 3.57. The maximum atomic E-state index is 9.81. The standard InChI is InChI=1S/C23H22N6O2S/c1-24-23-21-17(9-20(31-21)16-3-2-4-19-22(16)32-28-27-19)18(11-25-23)13-10-26-29(12-13)14-5-7-15(30)8-6-14/h2-4,9-12,14-15,30H,5-8H2,1H3,(H,24,25)/t14-,15-. The Kier molecular flexibility index (Phi) is 4.65. The lowest BCUT2D eigenvalue weighted by Gasteiger charge is -2.25. The first-order valence-electron chi connectivity index (χ1n) is 10.8. The van der Waals surface area contributed by atoms with Crippen LogP contribution in [0.1, 0.15) is 31.7 Å². The van der Waals surface area contributed by atoms with E-state index in [2.05, 4.69) is 37.2 Å². The third-order valence-corrected chi connectivity index (χ3v) is 7.07. The molecule has 6 rings (SSSR count). The molecular weight excluding hydrogens is 424 g/mol. The zero-order chi connectivity index (χ0) is 21.7. The molecule has 0 aliphatic heterocycles. The molecular formula is C23H22N6O2S. The number of hydrogen-bond donors (Lipinski definition) is 2. The number of rotatable bonds is 4. The first-order valence-corrected chi connectivity index (χ1v) is 11.5. The number of nitrogens with zero attached hydrogens (tertiary/aromatic N) is 5. The van der Waals surface area contributed by atoms with E-state index >= 15 is 0 Å². The third-order valence-electron chi connectivity index (χ3n) is 6.29. The fourth-order valence-electron chi connectivity index (χ4n) is 4.56. The van der Waals surface area contributed by atoms with Crippen LogP contribution in [-0.2, 0) is 0 Å². The number of hydrogen-bond acceptors (Lipinski definition) is 8. The Bertz CT molecular complexity index is 1410. The summed E-state index contributed by atoms with van der Waals surface area (Å²) < 4.78 is 13.4. The lowest BCUT2D eigenvalue weighted by molar-refractivity contribution is 0.108. The molecule has 0 bridgehead atoms. The van der Waals surface area contributed by atoms with Crippen molar-refractivity contribution in [3.8, 4) is 22.5 Å². The molecule has 0 spiro atoms. The van der Waals surface area contributed by atoms with Gasteiger partial charge in [-0.3, -0.25) is 4.68 Å². The Balaban J connectivity index is 1.45. The summed E-state index contributed by atoms with van der Waals surface area (Å²) in [5.74, 6) is 1.45. The van der Waals surface area contributed by atoms with E-state index in [4.69, 9.17) is 4.42 Å². The van der Waals surface area contributed by atoms with Crippen molar-refractivity contribution < 1.29 is 9.52 Å². The van der Waals surface area contributed by atoms with E-state index in [1.54, 1.807) is 0 Å². The van der Waals surface area contributed by atoms with Crippen molar-refractivity contribution in [2.24, 2.45) is 0 Å². The Morgan fingerprint density at radius 1 is 1.16 bits per heavy atom. The Morgan fingerprint density at radius 3 is 2.88 bits per heavy atom. The Labute approximate surface area is 188 Å². The normalized spacial score (nSPS) is 19.1. The average molecular weight is 447 g/mol. The molecule has 0 saturated heterocycles. The minimum absolute atomic E-state index is 0.179. The molecule has 1 aliphatic rings. The van der Waals surface area contributed by atoms with Crippen LogP contribution in [0.3, 0.4) is 0 Å². The van der Waals surface area contributed by atoms with Crippen LogP contribution in [-0.4, -0.2) is 42.6 Å². The number of pyridine rings is 1. The van der Waals surface area contributed by atoms with Crippen LogP contribution < -0.4 is 5.32 Å². The van der Waals surface area contributed by atoms with E-state index < -0.39 is 0 Å². The lowest BCUT2D eigenvalue weighted by atomic mass is 9.93. The summed E-state index contributed by atoms with van der Waals surface area (Å²) in [7, 11) is 1.84. The summed E-state index contributed by atoms with van der Waals surface area (Å²) in [5, 5.41) is 22.7. The van der Waals surface area contributed by atoms with E-state index in [0.717, 1.165) is 63.7 Å². The highest BCUT2D eigenvalue weighted by atomic mass is 32.1. The van der Waals surface area contributed by atoms with Gasteiger partial charge in [-0.25, -0.2) is 4.98 Å². The van der Waals surface area contributed by atoms with Gasteiger partial charge >= 0.3 is 0 Å². The minimum Gasteiger partial charge on any atom is -0.452 e. The molecule has 0 unspecified atom stereocenters. The van der Waals surface area contributed by atoms with E-state index in [9.17, 15) is 5.11 Å². The number of furan rings is 1. The van der Waals surface area contributed by atoms with Crippen LogP contribution in [0.15, 0.2) is 47.3 Å². The molecule has 2 N–H and O–H groups in total. The molecule has 162 valence electrons. The molecule has 8 nitrogen and oxygen atoms in total. The predicted octanol–water partition coefficient (Wildman–Crippen LogP) is 4.88. The van der Waals surface area contributed by atoms with Gasteiger partial charge in [0, 0.05) is 41.5 Å². The van der Waals surface area contributed by atoms with Gasteiger partial charge in [0.05, 0.1) is 23.0 Å². The molecule has 1 aromatic carbocycles. The van der Waals surface area contributed by atoms with Crippen LogP contribution in [0.25, 0.3) is 43.6 Å². The number of aromatic nitrogens is 5. The summed E-state index contributed by atoms with van der Waals surface area (Å²) in [6, 6.07) is 8.34. The largest absolute Gasteiger partial charge is 0.452 e. The summed E-state index contributed by atoms with van der Waals surface area (Å²) in [6.07, 6.45) is 9.20. The summed E-state index contributed by atoms with van der Waals surface area (Å²) in [4.78, 5) is 4.60. The highest BCUT2D eigenvalue weighted by Crippen LogP contribution is 2.40. The van der Waals surface area contributed by atoms with Gasteiger partial charge in [0.1, 0.15) is 11.3 Å². The van der Waals surface area contributed by atoms with E-state index in [-0.39, 0.29) is 6.10 Å². The van der Waals surface area contributed by atoms with E-state index in [1.165, 1.54) is 11.5 Å². The third kappa shape index (κ3) is 3.16. The van der Waals surface area contributed by atoms with Crippen molar-refractivity contribution in [1.29, 1.82) is 0 Å². The van der Waals surface area contributed by atoms with Gasteiger partial charge in [-0.1, -0.05) is 10.6 Å². The van der Waals surface area contributed by atoms with Crippen molar-refractivity contribution in [1.82, 2.24) is 24.4 Å². The van der Waals surface area contributed by atoms with Crippen molar-refractivity contribution in [2.75, 3.05) is 12.4 Å². The number of aliphatic hydroxyl groups is 1. The smallest absolute Gasteiger partial charge is 0.177 e. The Morgan fingerprint density at radius 2 is 2.03 bits per heavy atom. The van der Waals surface area contributed by atoms with Crippen molar-refractivity contribution in [3.63, 3.8) is 0 Å². The topological polar surface area (TPSA) is 102 Å². The van der Waals surface area contributed by atoms with Crippen LogP contribution in [0.2, 0.25) is 0 Å². The minimum atomic E-state index is -0.179. The lowest BCUT2D eigenvalue weighted by Crippen LogP contribution is -2.21. The van der Waals surface area contributed by atoms with Gasteiger partial charge in [-0.15, -0.1) is 5.10 Å². The summed E-state index contributed by atoms with van der Waals surface area (Å²) in [5.41, 5.74) is 4.52. The second-order valence-electron chi connectivity index (χ2n) is 8.22. The fourth-order valence-corrected chi connectivity index (χ4v) is 5.24. The number of aliphatic hydroxyl groups excluding tert-OH is 1. The fraction of sp³-hybridized carbons (Fsp3) is 0.304. The molecule has 9 heteroatoms. The molecule has 1 saturated carbocycles. The number of nitrogens with one attached hydrogen (secondary N) is 1. The van der Waals surface area contributed by atoms with Crippen LogP contribution in [0, 0.1) is 0 Å². The second kappa shape index (κ2) is 7.68. The maximum Gasteiger partial charge on any atom is 0.177 e. The van der Waals surface area contributed by atoms with Crippen molar-refractivity contribution >= 4 is 38.5 Å². The summed E-state index contributed by atoms with van der Waals surface area (Å²) in [6.45, 7) is 0. The molecule has 0 radical (unpaired) electrons. The number of anilines is 1. The second-order valence-corrected chi connectivity index (χ2v) is 8.98. The van der Waals surface area contributed by atoms with Crippen molar-refractivity contribution in [3.05, 3.63) is 42.9 Å². The zero-order valence-electron chi connectivity index (χ0n) is 17.5. The highest BCUT2D eigenvalue weighted by molar-refractivity contribution is 7.13. The van der Waals surface area contributed by atoms with Gasteiger partial charge < -0.3 is 14.8 Å². The van der Waals surface area contributed by atoms with Gasteiger partial charge in [-0.05, 0) is 55.4 Å². The SMILES string of the molecule is CNc1ncc(-c2cnn([C@H]3CC[C@H](O)CC3)c2)c2cc(-c3cccc4nnsc34)oc12. The molecule has 0 atom stereocenters. The molecule has 4 aromatic heterocycles. The zero-order valence-corrected chi connectivity index (χ0v) is 18.3. The van der Waals surface area contributed by atoms with Crippen molar-refractivity contribution in [2.45, 2.75) is 37.8 Å². The highest BCUT2D eigenvalue weighted by Gasteiger charge is 2.23. The maximum absolute atomic E-state index is 9.81. The van der Waals surface area contributed by atoms with Gasteiger partial charge in [0.2, 0.25) is 0 Å². The monoisotopic (exact) mass is 446 g/mol. The van der Waals surface area contributed by atoms with Crippen LogP contribution in [0.4, 0.5) is 5.82 Å². The number of fused-ring (bicyclic) bond motifs is 2. The summed E-state index contributed by atoms with van der Waals surface area (Å²) >= 11 is 1.36. The molecule has 5 aromatic rings. The van der Waals surface area contributed by atoms with Gasteiger partial charge in [-0.2, -0.15) is 5.10 Å². The Hall–Kier alpha value is -3.30. The van der Waals surface area contributed by atoms with E-state index in [0.29, 0.717) is 17.4 Å². The molecule has 1 aliphatic carbocycles. The predicted molar refractivity (Wildman–Crippen MR) is 125 cm³/mol.